The number of fused-ring (bicyclic) bond motifs is 1. The summed E-state index contributed by atoms with van der Waals surface area (Å²) < 4.78 is 32.2. The molecule has 1 atom stereocenters. The first-order valence-electron chi connectivity index (χ1n) is 8.12. The van der Waals surface area contributed by atoms with Crippen LogP contribution in [0, 0.1) is 18.6 Å². The van der Waals surface area contributed by atoms with Gasteiger partial charge in [-0.15, -0.1) is 0 Å². The van der Waals surface area contributed by atoms with Gasteiger partial charge in [0.1, 0.15) is 5.52 Å². The fourth-order valence-electron chi connectivity index (χ4n) is 3.30. The molecular weight excluding hydrogens is 310 g/mol. The van der Waals surface area contributed by atoms with Gasteiger partial charge in [-0.25, -0.2) is 13.8 Å². The molecule has 0 N–H and O–H groups in total. The Bertz CT molecular complexity index is 890. The maximum Gasteiger partial charge on any atom is 0.199 e. The minimum absolute atomic E-state index is 0.239. The number of likely N-dealkylation sites (tertiary alicyclic amines) is 1. The van der Waals surface area contributed by atoms with Crippen molar-refractivity contribution in [2.24, 2.45) is 0 Å². The third kappa shape index (κ3) is 2.91. The molecule has 5 heteroatoms. The summed E-state index contributed by atoms with van der Waals surface area (Å²) in [6.07, 6.45) is 0.954. The smallest absolute Gasteiger partial charge is 0.199 e. The summed E-state index contributed by atoms with van der Waals surface area (Å²) in [5, 5.41) is 0. The van der Waals surface area contributed by atoms with Gasteiger partial charge in [-0.05, 0) is 55.3 Å². The Balaban J connectivity index is 1.47. The predicted molar refractivity (Wildman–Crippen MR) is 87.7 cm³/mol. The Hall–Kier alpha value is -2.27. The van der Waals surface area contributed by atoms with Crippen LogP contribution < -0.4 is 0 Å². The van der Waals surface area contributed by atoms with Gasteiger partial charge < -0.3 is 4.42 Å². The molecule has 4 rings (SSSR count). The van der Waals surface area contributed by atoms with Gasteiger partial charge in [0, 0.05) is 19.0 Å². The van der Waals surface area contributed by atoms with Crippen LogP contribution in [0.15, 0.2) is 40.8 Å². The van der Waals surface area contributed by atoms with E-state index in [2.05, 4.69) is 9.88 Å². The first-order valence-corrected chi connectivity index (χ1v) is 8.12. The van der Waals surface area contributed by atoms with Crippen molar-refractivity contribution in [2.75, 3.05) is 13.1 Å². The van der Waals surface area contributed by atoms with Crippen LogP contribution in [-0.4, -0.2) is 23.0 Å². The van der Waals surface area contributed by atoms with E-state index < -0.39 is 11.6 Å². The van der Waals surface area contributed by atoms with Crippen molar-refractivity contribution in [3.05, 3.63) is 65.1 Å². The molecule has 1 aliphatic heterocycles. The molecule has 3 aromatic rings. The average Bonchev–Trinajstić information content (AvgIpc) is 3.17. The lowest BCUT2D eigenvalue weighted by atomic mass is 10.1. The first kappa shape index (κ1) is 15.3. The largest absolute Gasteiger partial charge is 0.440 e. The number of rotatable bonds is 3. The average molecular weight is 328 g/mol. The van der Waals surface area contributed by atoms with Crippen molar-refractivity contribution < 1.29 is 13.2 Å². The molecule has 1 aromatic heterocycles. The van der Waals surface area contributed by atoms with Crippen molar-refractivity contribution in [2.45, 2.75) is 25.8 Å². The van der Waals surface area contributed by atoms with E-state index in [9.17, 15) is 8.78 Å². The van der Waals surface area contributed by atoms with Crippen LogP contribution in [0.4, 0.5) is 8.78 Å². The Morgan fingerprint density at radius 3 is 2.88 bits per heavy atom. The van der Waals surface area contributed by atoms with Crippen molar-refractivity contribution >= 4 is 11.1 Å². The normalized spacial score (nSPS) is 18.5. The summed E-state index contributed by atoms with van der Waals surface area (Å²) in [6.45, 7) is 4.34. The van der Waals surface area contributed by atoms with Crippen molar-refractivity contribution in [1.29, 1.82) is 0 Å². The molecule has 0 amide bonds. The van der Waals surface area contributed by atoms with Gasteiger partial charge in [0.2, 0.25) is 0 Å². The summed E-state index contributed by atoms with van der Waals surface area (Å²) in [4.78, 5) is 6.84. The van der Waals surface area contributed by atoms with Crippen LogP contribution in [0.2, 0.25) is 0 Å². The van der Waals surface area contributed by atoms with Crippen molar-refractivity contribution in [3.8, 4) is 0 Å². The molecule has 2 aromatic carbocycles. The zero-order chi connectivity index (χ0) is 16.7. The second-order valence-corrected chi connectivity index (χ2v) is 6.49. The lowest BCUT2D eigenvalue weighted by molar-refractivity contribution is 0.320. The highest BCUT2D eigenvalue weighted by molar-refractivity contribution is 5.73. The van der Waals surface area contributed by atoms with E-state index in [1.807, 2.05) is 25.1 Å². The lowest BCUT2D eigenvalue weighted by Gasteiger charge is -2.15. The molecule has 0 saturated carbocycles. The van der Waals surface area contributed by atoms with E-state index in [-0.39, 0.29) is 5.92 Å². The van der Waals surface area contributed by atoms with Gasteiger partial charge in [-0.1, -0.05) is 12.1 Å². The van der Waals surface area contributed by atoms with E-state index in [0.29, 0.717) is 6.54 Å². The Morgan fingerprint density at radius 2 is 2.04 bits per heavy atom. The molecule has 0 unspecified atom stereocenters. The third-order valence-electron chi connectivity index (χ3n) is 4.57. The van der Waals surface area contributed by atoms with Gasteiger partial charge in [0.05, 0.1) is 0 Å². The molecule has 1 saturated heterocycles. The molecular formula is C19H18F2N2O. The Kier molecular flexibility index (Phi) is 3.81. The highest BCUT2D eigenvalue weighted by Crippen LogP contribution is 2.30. The Labute approximate surface area is 138 Å². The number of nitrogens with zero attached hydrogens (tertiary/aromatic N) is 2. The highest BCUT2D eigenvalue weighted by Gasteiger charge is 2.28. The lowest BCUT2D eigenvalue weighted by Crippen LogP contribution is -2.20. The molecule has 0 spiro atoms. The molecule has 1 fully saturated rings. The van der Waals surface area contributed by atoms with E-state index >= 15 is 0 Å². The molecule has 0 bridgehead atoms. The van der Waals surface area contributed by atoms with Crippen LogP contribution >= 0.6 is 0 Å². The number of oxazole rings is 1. The van der Waals surface area contributed by atoms with E-state index in [4.69, 9.17) is 4.42 Å². The van der Waals surface area contributed by atoms with Crippen LogP contribution in [0.5, 0.6) is 0 Å². The van der Waals surface area contributed by atoms with Crippen LogP contribution in [0.3, 0.4) is 0 Å². The van der Waals surface area contributed by atoms with Crippen LogP contribution in [-0.2, 0) is 6.54 Å². The fourth-order valence-corrected chi connectivity index (χ4v) is 3.30. The van der Waals surface area contributed by atoms with E-state index in [1.165, 1.54) is 12.1 Å². The number of hydrogen-bond acceptors (Lipinski definition) is 3. The maximum atomic E-state index is 13.3. The standard InChI is InChI=1S/C19H18F2N2O/c1-12-2-5-18-17(8-12)22-19(24-18)14-6-7-23(11-14)10-13-3-4-15(20)16(21)9-13/h2-5,8-9,14H,6-7,10-11H2,1H3/t14-/m1/s1. The first-order chi connectivity index (χ1) is 11.6. The van der Waals surface area contributed by atoms with Gasteiger partial charge in [0.15, 0.2) is 23.1 Å². The summed E-state index contributed by atoms with van der Waals surface area (Å²) >= 11 is 0. The number of halogens is 2. The van der Waals surface area contributed by atoms with Gasteiger partial charge in [-0.2, -0.15) is 0 Å². The number of aryl methyl sites for hydroxylation is 1. The molecule has 0 aliphatic carbocycles. The molecule has 3 nitrogen and oxygen atoms in total. The summed E-state index contributed by atoms with van der Waals surface area (Å²) in [5.41, 5.74) is 3.65. The van der Waals surface area contributed by atoms with Gasteiger partial charge in [0.25, 0.3) is 0 Å². The zero-order valence-electron chi connectivity index (χ0n) is 13.4. The highest BCUT2D eigenvalue weighted by atomic mass is 19.2. The topological polar surface area (TPSA) is 29.3 Å². The SMILES string of the molecule is Cc1ccc2oc([C@@H]3CCN(Cc4ccc(F)c(F)c4)C3)nc2c1. The van der Waals surface area contributed by atoms with E-state index in [1.54, 1.807) is 6.07 Å². The summed E-state index contributed by atoms with van der Waals surface area (Å²) in [5.74, 6) is -0.594. The van der Waals surface area contributed by atoms with Crippen molar-refractivity contribution in [3.63, 3.8) is 0 Å². The summed E-state index contributed by atoms with van der Waals surface area (Å²) in [7, 11) is 0. The van der Waals surface area contributed by atoms with Gasteiger partial charge in [-0.3, -0.25) is 4.90 Å². The minimum Gasteiger partial charge on any atom is -0.440 e. The van der Waals surface area contributed by atoms with Crippen molar-refractivity contribution in [1.82, 2.24) is 9.88 Å². The number of aromatic nitrogens is 1. The number of benzene rings is 2. The Morgan fingerprint density at radius 1 is 1.17 bits per heavy atom. The molecule has 124 valence electrons. The quantitative estimate of drug-likeness (QED) is 0.713. The minimum atomic E-state index is -0.806. The monoisotopic (exact) mass is 328 g/mol. The van der Waals surface area contributed by atoms with Gasteiger partial charge >= 0.3 is 0 Å². The van der Waals surface area contributed by atoms with Crippen LogP contribution in [0.25, 0.3) is 11.1 Å². The molecule has 0 radical (unpaired) electrons. The third-order valence-corrected chi connectivity index (χ3v) is 4.57. The van der Waals surface area contributed by atoms with E-state index in [0.717, 1.165) is 47.6 Å². The second kappa shape index (κ2) is 5.98. The molecule has 1 aliphatic rings. The van der Waals surface area contributed by atoms with Crippen LogP contribution in [0.1, 0.15) is 29.4 Å². The molecule has 24 heavy (non-hydrogen) atoms. The molecule has 2 heterocycles. The number of hydrogen-bond donors (Lipinski definition) is 0. The summed E-state index contributed by atoms with van der Waals surface area (Å²) in [6, 6.07) is 10.1. The fraction of sp³-hybridized carbons (Fsp3) is 0.316. The predicted octanol–water partition coefficient (Wildman–Crippen LogP) is 4.40. The zero-order valence-corrected chi connectivity index (χ0v) is 13.4. The second-order valence-electron chi connectivity index (χ2n) is 6.49. The maximum absolute atomic E-state index is 13.3.